The molecule has 2 N–H and O–H groups in total. The Morgan fingerprint density at radius 3 is 2.40 bits per heavy atom. The molecule has 0 aliphatic heterocycles. The van der Waals surface area contributed by atoms with Gasteiger partial charge in [0.25, 0.3) is 0 Å². The topological polar surface area (TPSA) is 69.9 Å². The molecule has 0 radical (unpaired) electrons. The fraction of sp³-hybridized carbons (Fsp3) is 1.00. The van der Waals surface area contributed by atoms with E-state index in [0.717, 1.165) is 0 Å². The van der Waals surface area contributed by atoms with Gasteiger partial charge in [0, 0.05) is 21.8 Å². The molecule has 0 fully saturated rings. The van der Waals surface area contributed by atoms with E-state index in [1.165, 1.54) is 0 Å². The van der Waals surface area contributed by atoms with Crippen LogP contribution in [-0.4, -0.2) is 33.9 Å². The Hall–Kier alpha value is 0.220. The van der Waals surface area contributed by atoms with Crippen LogP contribution >= 0.6 is 24.6 Å². The van der Waals surface area contributed by atoms with Crippen molar-refractivity contribution in [2.45, 2.75) is 10.5 Å². The van der Waals surface area contributed by atoms with Gasteiger partial charge in [0.15, 0.2) is 0 Å². The highest BCUT2D eigenvalue weighted by atomic mass is 32.2. The molecular weight excluding hydrogens is 174 g/mol. The van der Waals surface area contributed by atoms with E-state index in [2.05, 4.69) is 17.2 Å². The molecule has 0 aromatic carbocycles. The summed E-state index contributed by atoms with van der Waals surface area (Å²) in [5.74, 6) is 0. The van der Waals surface area contributed by atoms with Crippen molar-refractivity contribution in [1.29, 1.82) is 0 Å². The molecule has 0 unspecified atom stereocenters. The maximum atomic E-state index is 9.68. The molecule has 0 saturated heterocycles. The minimum absolute atomic E-state index is 0.170. The molecule has 0 amide bonds. The zero-order valence-corrected chi connectivity index (χ0v) is 6.89. The summed E-state index contributed by atoms with van der Waals surface area (Å²) in [5, 5.41) is 16.3. The highest BCUT2D eigenvalue weighted by molar-refractivity contribution is 7.99. The molecule has 0 aromatic heterocycles. The average Bonchev–Trinajstić information content (AvgIpc) is 1.99. The highest BCUT2D eigenvalue weighted by Crippen LogP contribution is 2.18. The standard InChI is InChI=1S/C4H9NO3S2/c6-1-3(9)4(2-7)10-5-8/h3-4,6-7,9H,1-2H2/t3-,4-/m1/s1. The number of rotatable bonds is 5. The van der Waals surface area contributed by atoms with Crippen molar-refractivity contribution in [1.82, 2.24) is 0 Å². The Balaban J connectivity index is 3.67. The number of aliphatic hydroxyl groups is 2. The Morgan fingerprint density at radius 1 is 1.50 bits per heavy atom. The Bertz CT molecular complexity index is 103. The number of nitrogens with zero attached hydrogens (tertiary/aromatic N) is 1. The monoisotopic (exact) mass is 183 g/mol. The Kier molecular flexibility index (Phi) is 6.10. The largest absolute Gasteiger partial charge is 0.395 e. The average molecular weight is 183 g/mol. The molecule has 0 heterocycles. The summed E-state index contributed by atoms with van der Waals surface area (Å²) >= 11 is 4.60. The van der Waals surface area contributed by atoms with Gasteiger partial charge in [-0.15, -0.1) is 4.91 Å². The molecular formula is C4H9NO3S2. The second-order valence-corrected chi connectivity index (χ2v) is 3.28. The zero-order chi connectivity index (χ0) is 7.98. The fourth-order valence-corrected chi connectivity index (χ4v) is 1.06. The number of hydrogen-bond acceptors (Lipinski definition) is 6. The van der Waals surface area contributed by atoms with E-state index in [1.54, 1.807) is 0 Å². The van der Waals surface area contributed by atoms with Gasteiger partial charge in [-0.2, -0.15) is 12.6 Å². The lowest BCUT2D eigenvalue weighted by Crippen LogP contribution is -2.24. The third-order valence-corrected chi connectivity index (χ3v) is 2.53. The second-order valence-electron chi connectivity index (χ2n) is 1.65. The molecule has 0 aliphatic rings. The first kappa shape index (κ1) is 10.2. The van der Waals surface area contributed by atoms with Crippen LogP contribution in [0.15, 0.2) is 4.58 Å². The molecule has 0 aromatic rings. The van der Waals surface area contributed by atoms with Gasteiger partial charge in [-0.25, -0.2) is 0 Å². The molecule has 0 spiro atoms. The quantitative estimate of drug-likeness (QED) is 0.320. The van der Waals surface area contributed by atoms with Crippen LogP contribution in [0.4, 0.5) is 0 Å². The van der Waals surface area contributed by atoms with Gasteiger partial charge in [0.2, 0.25) is 0 Å². The van der Waals surface area contributed by atoms with Gasteiger partial charge < -0.3 is 10.2 Å². The molecule has 0 bridgehead atoms. The number of nitroso groups, excluding NO2 is 1. The summed E-state index contributed by atoms with van der Waals surface area (Å²) in [5.41, 5.74) is 0. The first-order valence-electron chi connectivity index (χ1n) is 2.64. The van der Waals surface area contributed by atoms with Crippen LogP contribution in [0.2, 0.25) is 0 Å². The minimum atomic E-state index is -0.411. The Labute approximate surface area is 68.5 Å². The van der Waals surface area contributed by atoms with Crippen molar-refractivity contribution in [2.24, 2.45) is 4.58 Å². The van der Waals surface area contributed by atoms with E-state index in [4.69, 9.17) is 10.2 Å². The minimum Gasteiger partial charge on any atom is -0.395 e. The molecule has 4 nitrogen and oxygen atoms in total. The van der Waals surface area contributed by atoms with Crippen LogP contribution in [-0.2, 0) is 0 Å². The normalized spacial score (nSPS) is 16.3. The van der Waals surface area contributed by atoms with Crippen molar-refractivity contribution in [3.8, 4) is 0 Å². The van der Waals surface area contributed by atoms with Crippen molar-refractivity contribution in [3.05, 3.63) is 4.91 Å². The summed E-state index contributed by atoms with van der Waals surface area (Å²) in [6, 6.07) is 0. The Morgan fingerprint density at radius 2 is 2.10 bits per heavy atom. The van der Waals surface area contributed by atoms with Gasteiger partial charge in [0.1, 0.15) is 0 Å². The van der Waals surface area contributed by atoms with E-state index >= 15 is 0 Å². The molecule has 0 rings (SSSR count). The molecule has 2 atom stereocenters. The van der Waals surface area contributed by atoms with Gasteiger partial charge in [-0.05, 0) is 0 Å². The lowest BCUT2D eigenvalue weighted by Gasteiger charge is -2.13. The third kappa shape index (κ3) is 3.40. The summed E-state index contributed by atoms with van der Waals surface area (Å²) < 4.78 is 2.52. The number of aliphatic hydroxyl groups excluding tert-OH is 2. The highest BCUT2D eigenvalue weighted by Gasteiger charge is 2.17. The van der Waals surface area contributed by atoms with Crippen LogP contribution in [0.5, 0.6) is 0 Å². The van der Waals surface area contributed by atoms with Gasteiger partial charge in [0.05, 0.1) is 18.5 Å². The smallest absolute Gasteiger partial charge is 0.0670 e. The summed E-state index contributed by atoms with van der Waals surface area (Å²) in [6.45, 7) is -0.373. The van der Waals surface area contributed by atoms with E-state index in [1.807, 2.05) is 0 Å². The first-order valence-corrected chi connectivity index (χ1v) is 3.99. The van der Waals surface area contributed by atoms with Gasteiger partial charge in [-0.1, -0.05) is 0 Å². The van der Waals surface area contributed by atoms with E-state index in [9.17, 15) is 4.91 Å². The first-order chi connectivity index (χ1) is 4.76. The summed E-state index contributed by atoms with van der Waals surface area (Å²) in [6.07, 6.45) is 0. The number of hydrogen-bond donors (Lipinski definition) is 3. The third-order valence-electron chi connectivity index (χ3n) is 0.975. The van der Waals surface area contributed by atoms with E-state index in [0.29, 0.717) is 11.9 Å². The molecule has 6 heteroatoms. The van der Waals surface area contributed by atoms with Crippen molar-refractivity contribution in [2.75, 3.05) is 13.2 Å². The predicted octanol–water partition coefficient (Wildman–Crippen LogP) is 0.0526. The van der Waals surface area contributed by atoms with Crippen molar-refractivity contribution < 1.29 is 10.2 Å². The molecule has 10 heavy (non-hydrogen) atoms. The second kappa shape index (κ2) is 5.96. The summed E-state index contributed by atoms with van der Waals surface area (Å²) in [7, 11) is 0. The van der Waals surface area contributed by atoms with Crippen LogP contribution in [0.3, 0.4) is 0 Å². The van der Waals surface area contributed by atoms with Gasteiger partial charge >= 0.3 is 0 Å². The maximum absolute atomic E-state index is 9.68. The fourth-order valence-electron chi connectivity index (χ4n) is 0.398. The SMILES string of the molecule is O=NS[C@H](CO)[C@H](S)CO. The van der Waals surface area contributed by atoms with E-state index < -0.39 is 10.5 Å². The zero-order valence-electron chi connectivity index (χ0n) is 5.17. The lowest BCUT2D eigenvalue weighted by atomic mass is 10.3. The van der Waals surface area contributed by atoms with Gasteiger partial charge in [-0.3, -0.25) is 0 Å². The van der Waals surface area contributed by atoms with Crippen LogP contribution in [0.25, 0.3) is 0 Å². The van der Waals surface area contributed by atoms with Crippen LogP contribution < -0.4 is 0 Å². The lowest BCUT2D eigenvalue weighted by molar-refractivity contribution is 0.253. The number of thiol groups is 1. The van der Waals surface area contributed by atoms with Crippen molar-refractivity contribution in [3.63, 3.8) is 0 Å². The molecule has 60 valence electrons. The summed E-state index contributed by atoms with van der Waals surface area (Å²) in [4.78, 5) is 9.68. The molecule has 0 aliphatic carbocycles. The van der Waals surface area contributed by atoms with Crippen LogP contribution in [0.1, 0.15) is 0 Å². The van der Waals surface area contributed by atoms with Crippen molar-refractivity contribution >= 4 is 24.6 Å². The predicted molar refractivity (Wildman–Crippen MR) is 44.1 cm³/mol. The van der Waals surface area contributed by atoms with E-state index in [-0.39, 0.29) is 13.2 Å². The molecule has 0 saturated carbocycles. The van der Waals surface area contributed by atoms with Crippen LogP contribution in [0, 0.1) is 4.91 Å². The maximum Gasteiger partial charge on any atom is 0.0670 e.